The molecule has 0 spiro atoms. The molecule has 0 saturated carbocycles. The molecule has 1 N–H and O–H groups in total. The van der Waals surface area contributed by atoms with E-state index in [-0.39, 0.29) is 13.1 Å². The molecule has 25 heavy (non-hydrogen) atoms. The normalized spacial score (nSPS) is 11.6. The third-order valence-corrected chi connectivity index (χ3v) is 5.40. The first kappa shape index (κ1) is 19.7. The SMILES string of the molecule is Cc1ccc(NC(=O)CN(Cc2ccc(Cl)c(Cl)c2)S(C)(=O)=O)cc1. The number of nitrogens with one attached hydrogen (secondary N) is 1. The third kappa shape index (κ3) is 6.01. The summed E-state index contributed by atoms with van der Waals surface area (Å²) < 4.78 is 25.1. The van der Waals surface area contributed by atoms with Gasteiger partial charge < -0.3 is 5.32 Å². The standard InChI is InChI=1S/C17H18Cl2N2O3S/c1-12-3-6-14(7-4-12)20-17(22)11-21(25(2,23)24)10-13-5-8-15(18)16(19)9-13/h3-9H,10-11H2,1-2H3,(H,20,22). The molecule has 8 heteroatoms. The molecule has 0 unspecified atom stereocenters. The van der Waals surface area contributed by atoms with E-state index >= 15 is 0 Å². The number of sulfonamides is 1. The van der Waals surface area contributed by atoms with Crippen LogP contribution >= 0.6 is 23.2 Å². The largest absolute Gasteiger partial charge is 0.325 e. The van der Waals surface area contributed by atoms with E-state index in [1.54, 1.807) is 30.3 Å². The second-order valence-electron chi connectivity index (χ2n) is 5.69. The van der Waals surface area contributed by atoms with Gasteiger partial charge in [0.1, 0.15) is 0 Å². The van der Waals surface area contributed by atoms with Crippen molar-refractivity contribution >= 4 is 44.8 Å². The number of nitrogens with zero attached hydrogens (tertiary/aromatic N) is 1. The fourth-order valence-electron chi connectivity index (χ4n) is 2.13. The zero-order chi connectivity index (χ0) is 18.6. The first-order valence-electron chi connectivity index (χ1n) is 7.41. The lowest BCUT2D eigenvalue weighted by atomic mass is 10.2. The van der Waals surface area contributed by atoms with Crippen LogP contribution in [-0.2, 0) is 21.4 Å². The van der Waals surface area contributed by atoms with Crippen molar-refractivity contribution in [3.05, 3.63) is 63.6 Å². The Hall–Kier alpha value is -1.60. The number of halogens is 2. The Labute approximate surface area is 157 Å². The van der Waals surface area contributed by atoms with Gasteiger partial charge in [0.25, 0.3) is 0 Å². The molecule has 1 amide bonds. The summed E-state index contributed by atoms with van der Waals surface area (Å²) in [6.07, 6.45) is 1.06. The van der Waals surface area contributed by atoms with Crippen LogP contribution in [0, 0.1) is 6.92 Å². The molecule has 0 radical (unpaired) electrons. The maximum absolute atomic E-state index is 12.2. The molecule has 0 bridgehead atoms. The Balaban J connectivity index is 2.10. The average Bonchev–Trinajstić information content (AvgIpc) is 2.51. The van der Waals surface area contributed by atoms with Crippen molar-refractivity contribution in [2.24, 2.45) is 0 Å². The monoisotopic (exact) mass is 400 g/mol. The van der Waals surface area contributed by atoms with E-state index in [1.165, 1.54) is 0 Å². The molecule has 0 aliphatic heterocycles. The molecular weight excluding hydrogens is 383 g/mol. The Kier molecular flexibility index (Phi) is 6.46. The molecule has 0 heterocycles. The summed E-state index contributed by atoms with van der Waals surface area (Å²) in [5.74, 6) is -0.422. The van der Waals surface area contributed by atoms with E-state index in [0.29, 0.717) is 21.3 Å². The predicted molar refractivity (Wildman–Crippen MR) is 102 cm³/mol. The van der Waals surface area contributed by atoms with Gasteiger partial charge in [-0.15, -0.1) is 0 Å². The van der Waals surface area contributed by atoms with Crippen LogP contribution in [0.5, 0.6) is 0 Å². The number of carbonyl (C=O) groups excluding carboxylic acids is 1. The summed E-state index contributed by atoms with van der Waals surface area (Å²) in [7, 11) is -3.58. The van der Waals surface area contributed by atoms with Crippen LogP contribution in [0.2, 0.25) is 10.0 Å². The fraction of sp³-hybridized carbons (Fsp3) is 0.235. The minimum absolute atomic E-state index is 0.0248. The maximum atomic E-state index is 12.2. The van der Waals surface area contributed by atoms with Gasteiger partial charge in [0, 0.05) is 12.2 Å². The van der Waals surface area contributed by atoms with E-state index in [1.807, 2.05) is 19.1 Å². The minimum atomic E-state index is -3.58. The van der Waals surface area contributed by atoms with Gasteiger partial charge in [0.2, 0.25) is 15.9 Å². The van der Waals surface area contributed by atoms with Crippen LogP contribution in [0.15, 0.2) is 42.5 Å². The van der Waals surface area contributed by atoms with Crippen LogP contribution in [-0.4, -0.2) is 31.4 Å². The molecule has 0 saturated heterocycles. The summed E-state index contributed by atoms with van der Waals surface area (Å²) in [4.78, 5) is 12.2. The predicted octanol–water partition coefficient (Wildman–Crippen LogP) is 3.70. The molecule has 0 aliphatic rings. The lowest BCUT2D eigenvalue weighted by Gasteiger charge is -2.20. The number of hydrogen-bond acceptors (Lipinski definition) is 3. The van der Waals surface area contributed by atoms with E-state index in [0.717, 1.165) is 16.1 Å². The molecule has 0 aromatic heterocycles. The number of anilines is 1. The van der Waals surface area contributed by atoms with E-state index in [9.17, 15) is 13.2 Å². The summed E-state index contributed by atoms with van der Waals surface area (Å²) in [5.41, 5.74) is 2.32. The highest BCUT2D eigenvalue weighted by Gasteiger charge is 2.21. The van der Waals surface area contributed by atoms with Crippen molar-refractivity contribution in [2.45, 2.75) is 13.5 Å². The highest BCUT2D eigenvalue weighted by Crippen LogP contribution is 2.23. The third-order valence-electron chi connectivity index (χ3n) is 3.47. The van der Waals surface area contributed by atoms with Crippen molar-refractivity contribution in [1.82, 2.24) is 4.31 Å². The van der Waals surface area contributed by atoms with Gasteiger partial charge in [-0.3, -0.25) is 4.79 Å². The number of carbonyl (C=O) groups is 1. The van der Waals surface area contributed by atoms with Gasteiger partial charge in [0.15, 0.2) is 0 Å². The van der Waals surface area contributed by atoms with Crippen molar-refractivity contribution in [3.8, 4) is 0 Å². The van der Waals surface area contributed by atoms with Crippen molar-refractivity contribution < 1.29 is 13.2 Å². The second-order valence-corrected chi connectivity index (χ2v) is 8.49. The van der Waals surface area contributed by atoms with Crippen LogP contribution < -0.4 is 5.32 Å². The average molecular weight is 401 g/mol. The molecule has 0 aliphatic carbocycles. The number of amides is 1. The smallest absolute Gasteiger partial charge is 0.239 e. The van der Waals surface area contributed by atoms with Gasteiger partial charge >= 0.3 is 0 Å². The molecular formula is C17H18Cl2N2O3S. The Morgan fingerprint density at radius 3 is 2.28 bits per heavy atom. The van der Waals surface area contributed by atoms with Gasteiger partial charge in [-0.05, 0) is 36.8 Å². The van der Waals surface area contributed by atoms with Crippen molar-refractivity contribution in [1.29, 1.82) is 0 Å². The van der Waals surface area contributed by atoms with Crippen molar-refractivity contribution in [3.63, 3.8) is 0 Å². The number of aryl methyl sites for hydroxylation is 1. The first-order chi connectivity index (χ1) is 11.6. The molecule has 2 rings (SSSR count). The number of hydrogen-bond donors (Lipinski definition) is 1. The molecule has 2 aromatic carbocycles. The molecule has 2 aromatic rings. The topological polar surface area (TPSA) is 66.5 Å². The number of benzene rings is 2. The van der Waals surface area contributed by atoms with Gasteiger partial charge in [-0.1, -0.05) is 47.0 Å². The van der Waals surface area contributed by atoms with Gasteiger partial charge in [-0.2, -0.15) is 4.31 Å². The lowest BCUT2D eigenvalue weighted by molar-refractivity contribution is -0.116. The second kappa shape index (κ2) is 8.19. The fourth-order valence-corrected chi connectivity index (χ4v) is 3.19. The number of rotatable bonds is 6. The Bertz CT molecular complexity index is 868. The summed E-state index contributed by atoms with van der Waals surface area (Å²) >= 11 is 11.8. The van der Waals surface area contributed by atoms with Crippen LogP contribution in [0.1, 0.15) is 11.1 Å². The highest BCUT2D eigenvalue weighted by atomic mass is 35.5. The van der Waals surface area contributed by atoms with Crippen LogP contribution in [0.25, 0.3) is 0 Å². The molecule has 0 atom stereocenters. The maximum Gasteiger partial charge on any atom is 0.239 e. The molecule has 5 nitrogen and oxygen atoms in total. The Morgan fingerprint density at radius 2 is 1.72 bits per heavy atom. The summed E-state index contributed by atoms with van der Waals surface area (Å²) in [5, 5.41) is 3.40. The van der Waals surface area contributed by atoms with Crippen LogP contribution in [0.4, 0.5) is 5.69 Å². The van der Waals surface area contributed by atoms with Crippen LogP contribution in [0.3, 0.4) is 0 Å². The Morgan fingerprint density at radius 1 is 1.08 bits per heavy atom. The first-order valence-corrected chi connectivity index (χ1v) is 10.0. The van der Waals surface area contributed by atoms with Gasteiger partial charge in [-0.25, -0.2) is 8.42 Å². The van der Waals surface area contributed by atoms with Gasteiger partial charge in [0.05, 0.1) is 22.8 Å². The molecule has 134 valence electrons. The molecule has 0 fully saturated rings. The zero-order valence-electron chi connectivity index (χ0n) is 13.8. The quantitative estimate of drug-likeness (QED) is 0.803. The van der Waals surface area contributed by atoms with Crippen molar-refractivity contribution in [2.75, 3.05) is 18.1 Å². The van der Waals surface area contributed by atoms with E-state index < -0.39 is 15.9 Å². The summed E-state index contributed by atoms with van der Waals surface area (Å²) in [6.45, 7) is 1.66. The highest BCUT2D eigenvalue weighted by molar-refractivity contribution is 7.88. The summed E-state index contributed by atoms with van der Waals surface area (Å²) in [6, 6.07) is 12.1. The lowest BCUT2D eigenvalue weighted by Crippen LogP contribution is -2.36. The van der Waals surface area contributed by atoms with E-state index in [2.05, 4.69) is 5.32 Å². The minimum Gasteiger partial charge on any atom is -0.325 e. The zero-order valence-corrected chi connectivity index (χ0v) is 16.1. The van der Waals surface area contributed by atoms with E-state index in [4.69, 9.17) is 23.2 Å².